The second-order valence-corrected chi connectivity index (χ2v) is 2.94. The van der Waals surface area contributed by atoms with Gasteiger partial charge in [-0.15, -0.1) is 0 Å². The molecule has 1 N–H and O–H groups in total. The molecule has 4 nitrogen and oxygen atoms in total. The monoisotopic (exact) mass is 200 g/mol. The summed E-state index contributed by atoms with van der Waals surface area (Å²) in [7, 11) is 0. The maximum atomic E-state index is 9.52. The zero-order valence-electron chi connectivity index (χ0n) is 8.79. The van der Waals surface area contributed by atoms with Crippen LogP contribution in [0.2, 0.25) is 0 Å². The molecule has 0 aromatic carbocycles. The maximum absolute atomic E-state index is 9.52. The maximum Gasteiger partial charge on any atom is 0.202 e. The van der Waals surface area contributed by atoms with E-state index >= 15 is 0 Å². The highest BCUT2D eigenvalue weighted by atomic mass is 16.5. The number of rotatable bonds is 5. The van der Waals surface area contributed by atoms with Crippen molar-refractivity contribution in [1.82, 2.24) is 0 Å². The normalized spacial score (nSPS) is 10.5. The first-order valence-corrected chi connectivity index (χ1v) is 4.66. The lowest BCUT2D eigenvalue weighted by molar-refractivity contribution is 0.108. The summed E-state index contributed by atoms with van der Waals surface area (Å²) in [5, 5.41) is 9.52. The van der Waals surface area contributed by atoms with Gasteiger partial charge >= 0.3 is 0 Å². The number of ether oxygens (including phenoxy) is 2. The van der Waals surface area contributed by atoms with Crippen LogP contribution < -0.4 is 4.74 Å². The third-order valence-corrected chi connectivity index (χ3v) is 1.85. The van der Waals surface area contributed by atoms with Gasteiger partial charge in [0.2, 0.25) is 5.75 Å². The van der Waals surface area contributed by atoms with Gasteiger partial charge in [-0.1, -0.05) is 0 Å². The highest BCUT2D eigenvalue weighted by Crippen LogP contribution is 2.35. The van der Waals surface area contributed by atoms with E-state index in [1.807, 2.05) is 6.92 Å². The highest BCUT2D eigenvalue weighted by molar-refractivity contribution is 5.43. The van der Waals surface area contributed by atoms with Gasteiger partial charge in [0.15, 0.2) is 5.75 Å². The van der Waals surface area contributed by atoms with E-state index in [0.29, 0.717) is 37.1 Å². The van der Waals surface area contributed by atoms with Crippen LogP contribution in [0.25, 0.3) is 0 Å². The van der Waals surface area contributed by atoms with Crippen molar-refractivity contribution in [1.29, 1.82) is 0 Å². The summed E-state index contributed by atoms with van der Waals surface area (Å²) in [4.78, 5) is 0. The average molecular weight is 200 g/mol. The summed E-state index contributed by atoms with van der Waals surface area (Å²) < 4.78 is 15.6. The van der Waals surface area contributed by atoms with E-state index in [4.69, 9.17) is 13.9 Å². The Kier molecular flexibility index (Phi) is 3.83. The van der Waals surface area contributed by atoms with E-state index < -0.39 is 0 Å². The molecule has 1 aromatic heterocycles. The molecule has 0 amide bonds. The first-order valence-electron chi connectivity index (χ1n) is 4.66. The molecule has 0 unspecified atom stereocenters. The molecule has 0 atom stereocenters. The van der Waals surface area contributed by atoms with Gasteiger partial charge in [-0.2, -0.15) is 0 Å². The number of hydrogen-bond donors (Lipinski definition) is 1. The topological polar surface area (TPSA) is 51.8 Å². The fourth-order valence-corrected chi connectivity index (χ4v) is 1.17. The first-order chi connectivity index (χ1) is 6.66. The van der Waals surface area contributed by atoms with Gasteiger partial charge in [-0.25, -0.2) is 0 Å². The number of furan rings is 1. The minimum atomic E-state index is 0.0824. The lowest BCUT2D eigenvalue weighted by atomic mass is 10.4. The summed E-state index contributed by atoms with van der Waals surface area (Å²) in [5.74, 6) is 1.58. The molecule has 0 spiro atoms. The summed E-state index contributed by atoms with van der Waals surface area (Å²) >= 11 is 0. The SMILES string of the molecule is CCOCCOc1c(C)oc(C)c1O. The van der Waals surface area contributed by atoms with E-state index in [0.717, 1.165) is 0 Å². The Morgan fingerprint density at radius 2 is 1.93 bits per heavy atom. The molecular formula is C10H16O4. The molecule has 1 heterocycles. The summed E-state index contributed by atoms with van der Waals surface area (Å²) in [6.07, 6.45) is 0. The summed E-state index contributed by atoms with van der Waals surface area (Å²) in [6.45, 7) is 6.96. The molecule has 0 saturated carbocycles. The highest BCUT2D eigenvalue weighted by Gasteiger charge is 2.14. The molecule has 1 aromatic rings. The molecule has 14 heavy (non-hydrogen) atoms. The number of hydrogen-bond acceptors (Lipinski definition) is 4. The predicted octanol–water partition coefficient (Wildman–Crippen LogP) is 2.02. The number of aryl methyl sites for hydroxylation is 2. The third-order valence-electron chi connectivity index (χ3n) is 1.85. The van der Waals surface area contributed by atoms with Gasteiger partial charge in [0.05, 0.1) is 6.61 Å². The van der Waals surface area contributed by atoms with Crippen LogP contribution >= 0.6 is 0 Å². The molecular weight excluding hydrogens is 184 g/mol. The zero-order valence-corrected chi connectivity index (χ0v) is 8.79. The molecule has 0 aliphatic rings. The van der Waals surface area contributed by atoms with Crippen molar-refractivity contribution < 1.29 is 19.0 Å². The fraction of sp³-hybridized carbons (Fsp3) is 0.600. The van der Waals surface area contributed by atoms with Crippen molar-refractivity contribution >= 4 is 0 Å². The Hall–Kier alpha value is -1.16. The Bertz CT molecular complexity index is 291. The van der Waals surface area contributed by atoms with E-state index in [-0.39, 0.29) is 5.75 Å². The van der Waals surface area contributed by atoms with Crippen molar-refractivity contribution in [3.8, 4) is 11.5 Å². The molecule has 1 rings (SSSR count). The van der Waals surface area contributed by atoms with Gasteiger partial charge in [0, 0.05) is 6.61 Å². The fourth-order valence-electron chi connectivity index (χ4n) is 1.17. The van der Waals surface area contributed by atoms with Crippen molar-refractivity contribution in [3.05, 3.63) is 11.5 Å². The van der Waals surface area contributed by atoms with E-state index in [1.165, 1.54) is 0 Å². The van der Waals surface area contributed by atoms with Crippen LogP contribution in [0, 0.1) is 13.8 Å². The van der Waals surface area contributed by atoms with Crippen molar-refractivity contribution in [2.45, 2.75) is 20.8 Å². The van der Waals surface area contributed by atoms with E-state index in [9.17, 15) is 5.11 Å². The molecule has 0 fully saturated rings. The lowest BCUT2D eigenvalue weighted by Gasteiger charge is -2.04. The molecule has 4 heteroatoms. The van der Waals surface area contributed by atoms with Crippen molar-refractivity contribution in [3.63, 3.8) is 0 Å². The van der Waals surface area contributed by atoms with Gasteiger partial charge in [-0.3, -0.25) is 0 Å². The van der Waals surface area contributed by atoms with Crippen molar-refractivity contribution in [2.75, 3.05) is 19.8 Å². The third kappa shape index (κ3) is 2.42. The van der Waals surface area contributed by atoms with Crippen LogP contribution in [0.3, 0.4) is 0 Å². The molecule has 0 saturated heterocycles. The Morgan fingerprint density at radius 1 is 1.21 bits per heavy atom. The molecule has 0 aliphatic heterocycles. The zero-order chi connectivity index (χ0) is 10.6. The second kappa shape index (κ2) is 4.91. The molecule has 0 bridgehead atoms. The quantitative estimate of drug-likeness (QED) is 0.739. The Balaban J connectivity index is 2.49. The average Bonchev–Trinajstić information content (AvgIpc) is 2.38. The van der Waals surface area contributed by atoms with Crippen LogP contribution in [0.5, 0.6) is 11.5 Å². The lowest BCUT2D eigenvalue weighted by Crippen LogP contribution is -2.06. The standard InChI is InChI=1S/C10H16O4/c1-4-12-5-6-13-10-8(3)14-7(2)9(10)11/h11H,4-6H2,1-3H3. The van der Waals surface area contributed by atoms with Gasteiger partial charge in [-0.05, 0) is 20.8 Å². The van der Waals surface area contributed by atoms with Crippen molar-refractivity contribution in [2.24, 2.45) is 0 Å². The van der Waals surface area contributed by atoms with Crippen LogP contribution in [-0.2, 0) is 4.74 Å². The summed E-state index contributed by atoms with van der Waals surface area (Å²) in [5.41, 5.74) is 0. The molecule has 0 radical (unpaired) electrons. The largest absolute Gasteiger partial charge is 0.502 e. The molecule has 0 aliphatic carbocycles. The van der Waals surface area contributed by atoms with Crippen LogP contribution in [0.4, 0.5) is 0 Å². The summed E-state index contributed by atoms with van der Waals surface area (Å²) in [6, 6.07) is 0. The van der Waals surface area contributed by atoms with Crippen LogP contribution in [0.1, 0.15) is 18.4 Å². The smallest absolute Gasteiger partial charge is 0.202 e. The van der Waals surface area contributed by atoms with Gasteiger partial charge in [0.25, 0.3) is 0 Å². The first kappa shape index (κ1) is 10.9. The Morgan fingerprint density at radius 3 is 2.43 bits per heavy atom. The second-order valence-electron chi connectivity index (χ2n) is 2.94. The predicted molar refractivity (Wildman–Crippen MR) is 51.8 cm³/mol. The van der Waals surface area contributed by atoms with Crippen LogP contribution in [-0.4, -0.2) is 24.9 Å². The molecule has 80 valence electrons. The number of aromatic hydroxyl groups is 1. The van der Waals surface area contributed by atoms with Gasteiger partial charge < -0.3 is 19.0 Å². The minimum absolute atomic E-state index is 0.0824. The minimum Gasteiger partial charge on any atom is -0.502 e. The van der Waals surface area contributed by atoms with E-state index in [1.54, 1.807) is 13.8 Å². The van der Waals surface area contributed by atoms with Gasteiger partial charge in [0.1, 0.15) is 18.1 Å². The van der Waals surface area contributed by atoms with Crippen LogP contribution in [0.15, 0.2) is 4.42 Å². The van der Waals surface area contributed by atoms with E-state index in [2.05, 4.69) is 0 Å². The Labute approximate surface area is 83.4 Å².